The van der Waals surface area contributed by atoms with Crippen molar-refractivity contribution >= 4 is 0 Å². The first-order valence-corrected chi connectivity index (χ1v) is 27.5. The lowest BCUT2D eigenvalue weighted by molar-refractivity contribution is -0.391. The van der Waals surface area contributed by atoms with Gasteiger partial charge >= 0.3 is 0 Å². The summed E-state index contributed by atoms with van der Waals surface area (Å²) in [6.07, 6.45) is -72.6. The van der Waals surface area contributed by atoms with E-state index in [0.717, 1.165) is 0 Å². The van der Waals surface area contributed by atoms with Crippen LogP contribution in [0.4, 0.5) is 0 Å². The molecule has 0 aromatic carbocycles. The van der Waals surface area contributed by atoms with Gasteiger partial charge in [-0.2, -0.15) is 5.11 Å². The minimum atomic E-state index is -2.30. The Hall–Kier alpha value is -5.86. The minimum Gasteiger partial charge on any atom is -0.387 e. The van der Waals surface area contributed by atoms with Crippen molar-refractivity contribution in [2.45, 2.75) is 215 Å². The van der Waals surface area contributed by atoms with Crippen LogP contribution in [0.25, 0.3) is 62.7 Å². The molecule has 0 unspecified atom stereocenters. The van der Waals surface area contributed by atoms with Gasteiger partial charge in [-0.15, -0.1) is 0 Å². The van der Waals surface area contributed by atoms with Crippen molar-refractivity contribution in [2.75, 3.05) is 45.8 Å². The van der Waals surface area contributed by atoms with Gasteiger partial charge in [0.15, 0.2) is 44.0 Å². The van der Waals surface area contributed by atoms with Crippen LogP contribution >= 0.6 is 0 Å². The van der Waals surface area contributed by atoms with Crippen molar-refractivity contribution < 1.29 is 138 Å². The third kappa shape index (κ3) is 15.7. The maximum Gasteiger partial charge on any atom is 0.187 e. The Balaban J connectivity index is 1.17. The Kier molecular flexibility index (Phi) is 25.2. The molecule has 21 heterocycles. The van der Waals surface area contributed by atoms with Gasteiger partial charge in [-0.05, 0) is 33.2 Å². The molecule has 0 aromatic rings. The molecule has 21 saturated heterocycles. The number of nitrogens with zero attached hydrogens (tertiary/aromatic N) is 20. The largest absolute Gasteiger partial charge is 0.387 e. The predicted molar refractivity (Wildman–Crippen MR) is 277 cm³/mol. The fraction of sp³-hybridized carbons (Fsp3) is 1.00. The molecule has 49 heteroatoms. The van der Waals surface area contributed by atoms with Gasteiger partial charge in [0.2, 0.25) is 0 Å². The van der Waals surface area contributed by atoms with E-state index in [-0.39, 0.29) is 0 Å². The van der Waals surface area contributed by atoms with Gasteiger partial charge in [0.25, 0.3) is 0 Å². The second-order valence-electron chi connectivity index (χ2n) is 21.3. The molecule has 21 aliphatic heterocycles. The summed E-state index contributed by atoms with van der Waals surface area (Å²) in [6.45, 7) is -5.45. The van der Waals surface area contributed by atoms with Gasteiger partial charge < -0.3 is 144 Å². The first-order valence-electron chi connectivity index (χ1n) is 27.5. The minimum absolute atomic E-state index is 0.679. The zero-order valence-corrected chi connectivity index (χ0v) is 46.7. The molecule has 0 amide bonds. The van der Waals surface area contributed by atoms with Crippen LogP contribution in [0.1, 0.15) is 0 Å². The Morgan fingerprint density at radius 3 is 0.505 bits per heavy atom. The number of ether oxygens (including phenoxy) is 14. The van der Waals surface area contributed by atoms with Crippen molar-refractivity contribution in [3.63, 3.8) is 0 Å². The molecule has 49 nitrogen and oxygen atoms in total. The zero-order chi connectivity index (χ0) is 66.0. The molecule has 16 N–H and O–H groups in total. The lowest BCUT2D eigenvalue weighted by Gasteiger charge is -2.50. The van der Waals surface area contributed by atoms with Crippen molar-refractivity contribution in [3.8, 4) is 0 Å². The van der Waals surface area contributed by atoms with E-state index in [4.69, 9.17) is 72.2 Å². The van der Waals surface area contributed by atoms with Crippen LogP contribution in [-0.2, 0) is 66.3 Å². The smallest absolute Gasteiger partial charge is 0.187 e. The first kappa shape index (κ1) is 71.0. The summed E-state index contributed by atoms with van der Waals surface area (Å²) in [4.78, 5) is 16.0. The Bertz CT molecular complexity index is 2700. The van der Waals surface area contributed by atoms with Gasteiger partial charge in [0.05, 0.1) is 82.4 Å². The third-order valence-electron chi connectivity index (χ3n) is 15.8. The highest BCUT2D eigenvalue weighted by molar-refractivity contribution is 5.03. The van der Waals surface area contributed by atoms with E-state index >= 15 is 0 Å². The summed E-state index contributed by atoms with van der Waals surface area (Å²) in [7, 11) is 0. The normalized spacial score (nSPS) is 47.9. The first-order chi connectivity index (χ1) is 43.7. The molecule has 21 aliphatic rings. The molecule has 21 rings (SSSR count). The number of aliphatic hydroxyl groups excluding tert-OH is 14. The number of aliphatic hydroxyl groups is 14. The molecule has 35 atom stereocenters. The molecule has 0 spiro atoms. The lowest BCUT2D eigenvalue weighted by Crippen LogP contribution is -2.68. The average Bonchev–Trinajstić information content (AvgIpc) is 0.799. The summed E-state index contributed by atoms with van der Waals surface area (Å²) in [5.41, 5.74) is 56.0. The topological polar surface area (TPSA) is 756 Å². The summed E-state index contributed by atoms with van der Waals surface area (Å²) in [5, 5.41) is 190. The highest BCUT2D eigenvalue weighted by atomic mass is 16.8. The van der Waals surface area contributed by atoms with E-state index in [1.54, 1.807) is 0 Å². The molecule has 91 heavy (non-hydrogen) atoms. The highest BCUT2D eigenvalue weighted by Crippen LogP contribution is 2.39. The van der Waals surface area contributed by atoms with E-state index in [1.165, 1.54) is 0 Å². The Morgan fingerprint density at radius 1 is 0.231 bits per heavy atom. The Labute approximate surface area is 507 Å². The zero-order valence-electron chi connectivity index (χ0n) is 46.7. The van der Waals surface area contributed by atoms with Crippen molar-refractivity contribution in [1.82, 2.24) is 0 Å². The molecule has 0 saturated carbocycles. The highest BCUT2D eigenvalue weighted by Gasteiger charge is 2.59. The number of rotatable bonds is 14. The van der Waals surface area contributed by atoms with E-state index < -0.39 is 261 Å². The van der Waals surface area contributed by atoms with Crippen LogP contribution in [0.5, 0.6) is 0 Å². The van der Waals surface area contributed by atoms with Crippen molar-refractivity contribution in [2.24, 2.45) is 46.9 Å². The van der Waals surface area contributed by atoms with Gasteiger partial charge in [-0.1, -0.05) is 35.9 Å². The monoisotopic (exact) mass is 1310 g/mol. The fourth-order valence-corrected chi connectivity index (χ4v) is 11.2. The maximum atomic E-state index is 11.7. The van der Waals surface area contributed by atoms with Gasteiger partial charge in [0, 0.05) is 29.5 Å². The standard InChI is InChI=1S/C42H65N21O28/c43-57-50-1-8-29-15(64)22(71)36(78-8)86-30-9(2-51-58-44)80-38(24(73)17(30)66)88-32-11(4-53-60-46)82-40(26(75)19(32)68)90-34-13(6-55-62-48)84-42(28(77)21(34)70)91-35-14(7-56-63-49)83-41(27(76)20(35)69)89-33-12(5-54-61-47)81-39(25(74)18(33)67)87-31-10(3-52-59-45)79-37(85-29)23(72)16(31)65/h8-42,64-77H,1-7H2,(H2,43,50)/t8-,9-,10-,11-,12-,13-,14-,15-,16-,17-,18-,19-,20-,21-,22-,23-,24-,25-,26-,27-,28-,29-,30-,31-,32-,33-,34-,35-,36-,37-,38-,39-,40-,41-,42-/m1/s1. The van der Waals surface area contributed by atoms with Gasteiger partial charge in [0.1, 0.15) is 134 Å². The maximum absolute atomic E-state index is 11.7. The summed E-state index contributed by atoms with van der Waals surface area (Å²) < 4.78 is 82.6. The van der Waals surface area contributed by atoms with Crippen molar-refractivity contribution in [3.05, 3.63) is 62.7 Å². The Morgan fingerprint density at radius 2 is 0.374 bits per heavy atom. The summed E-state index contributed by atoms with van der Waals surface area (Å²) in [6, 6.07) is 0. The van der Waals surface area contributed by atoms with E-state index in [2.05, 4.69) is 70.5 Å². The van der Waals surface area contributed by atoms with E-state index in [1.807, 2.05) is 0 Å². The second kappa shape index (κ2) is 32.3. The molecule has 21 fully saturated rings. The van der Waals surface area contributed by atoms with Crippen LogP contribution in [0.15, 0.2) is 41.0 Å². The number of azide groups is 6. The van der Waals surface area contributed by atoms with E-state index in [0.29, 0.717) is 0 Å². The summed E-state index contributed by atoms with van der Waals surface area (Å²) in [5.74, 6) is 5.28. The number of nitrogens with two attached hydrogens (primary N) is 1. The lowest BCUT2D eigenvalue weighted by atomic mass is 9.94. The molecule has 506 valence electrons. The SMILES string of the molecule is [N-]=[N+]=NC[C@H]1O[C@@H]2O[C@H]3[C@H](O)[C@@H](O)[C@@H](O[C@H]4[C@H](O)[C@@H](O)[C@@H](O[C@H]5[C@H](O)[C@@H](O)[C@@H](O[C@H]6[C@H](O)[C@@H](O)[C@@H](O[C@H]7[C@H](O)[C@@H](O)[C@@H](O[C@H]8[C@H](O)[C@@H](O)[C@@H](O[C@H]1[C@H](O)[C@H]2O)O[C@@H]8CN=NN)O[C@@H]7CN=[N+]=[N-])O[C@@H]6CN=[N+]=[N-])O[C@@H]5CN=[N+]=[N-])O[C@@H]4CN=[N+]=[N-])O[C@@H]3CN=[N+]=[N-]. The van der Waals surface area contributed by atoms with Crippen LogP contribution in [0.3, 0.4) is 0 Å². The van der Waals surface area contributed by atoms with Gasteiger partial charge in [-0.3, -0.25) is 0 Å². The fourth-order valence-electron chi connectivity index (χ4n) is 11.2. The van der Waals surface area contributed by atoms with Crippen LogP contribution in [0.2, 0.25) is 0 Å². The molecule has 0 aromatic heterocycles. The van der Waals surface area contributed by atoms with Crippen molar-refractivity contribution in [1.29, 1.82) is 0 Å². The average molecular weight is 1310 g/mol. The molecule has 0 radical (unpaired) electrons. The number of hydrogen-bond donors (Lipinski definition) is 15. The molecular formula is C42H65N21O28. The second-order valence-corrected chi connectivity index (χ2v) is 21.3. The summed E-state index contributed by atoms with van der Waals surface area (Å²) >= 11 is 0. The van der Waals surface area contributed by atoms with Gasteiger partial charge in [-0.25, -0.2) is 0 Å². The molecule has 14 bridgehead atoms. The molecular weight excluding hydrogens is 1250 g/mol. The van der Waals surface area contributed by atoms with Crippen LogP contribution in [-0.4, -0.2) is 332 Å². The van der Waals surface area contributed by atoms with Crippen LogP contribution < -0.4 is 5.84 Å². The van der Waals surface area contributed by atoms with E-state index in [9.17, 15) is 105 Å². The quantitative estimate of drug-likeness (QED) is 0.0253. The third-order valence-corrected chi connectivity index (χ3v) is 15.8. The number of hydrogen-bond acceptors (Lipinski definition) is 36. The van der Waals surface area contributed by atoms with Crippen LogP contribution in [0, 0.1) is 0 Å². The predicted octanol–water partition coefficient (Wildman–Crippen LogP) is -6.99. The molecule has 0 aliphatic carbocycles.